The molecule has 0 radical (unpaired) electrons. The van der Waals surface area contributed by atoms with Gasteiger partial charge in [-0.1, -0.05) is 46.2 Å². The molecule has 2 N–H and O–H groups in total. The molecule has 4 nitrogen and oxygen atoms in total. The van der Waals surface area contributed by atoms with E-state index < -0.39 is 6.10 Å². The van der Waals surface area contributed by atoms with Crippen LogP contribution in [-0.4, -0.2) is 27.7 Å². The Bertz CT molecular complexity index is 416. The molecule has 0 bridgehead atoms. The topological polar surface area (TPSA) is 58.0 Å². The second-order valence-corrected chi connectivity index (χ2v) is 6.78. The Labute approximate surface area is 120 Å². The molecule has 0 amide bonds. The van der Waals surface area contributed by atoms with E-state index in [9.17, 15) is 5.11 Å². The molecule has 19 heavy (non-hydrogen) atoms. The van der Waals surface area contributed by atoms with Crippen molar-refractivity contribution in [2.24, 2.45) is 5.41 Å². The highest BCUT2D eigenvalue weighted by atomic mass is 35.5. The number of hydrogen-bond acceptors (Lipinski definition) is 4. The molecule has 0 saturated carbocycles. The van der Waals surface area contributed by atoms with E-state index in [-0.39, 0.29) is 11.3 Å². The lowest BCUT2D eigenvalue weighted by molar-refractivity contribution is 0.132. The maximum absolute atomic E-state index is 9.96. The molecule has 1 rings (SSSR count). The highest BCUT2D eigenvalue weighted by Gasteiger charge is 2.16. The lowest BCUT2D eigenvalue weighted by Crippen LogP contribution is -2.25. The van der Waals surface area contributed by atoms with Crippen LogP contribution < -0.4 is 5.32 Å². The first kappa shape index (κ1) is 16.2. The summed E-state index contributed by atoms with van der Waals surface area (Å²) in [6, 6.07) is 1.68. The summed E-state index contributed by atoms with van der Waals surface area (Å²) in [5.74, 6) is 1.59. The van der Waals surface area contributed by atoms with Gasteiger partial charge in [0.2, 0.25) is 0 Å². The quantitative estimate of drug-likeness (QED) is 0.814. The summed E-state index contributed by atoms with van der Waals surface area (Å²) in [5.41, 5.74) is 0.105. The molecule has 0 aliphatic carbocycles. The zero-order chi connectivity index (χ0) is 14.6. The Morgan fingerprint density at radius 1 is 1.32 bits per heavy atom. The van der Waals surface area contributed by atoms with Gasteiger partial charge >= 0.3 is 0 Å². The molecule has 0 spiro atoms. The Kier molecular flexibility index (Phi) is 5.56. The predicted molar refractivity (Wildman–Crippen MR) is 79.7 cm³/mol. The Morgan fingerprint density at radius 3 is 2.47 bits per heavy atom. The summed E-state index contributed by atoms with van der Waals surface area (Å²) in [4.78, 5) is 8.56. The van der Waals surface area contributed by atoms with Crippen molar-refractivity contribution in [3.05, 3.63) is 17.0 Å². The average molecular weight is 286 g/mol. The van der Waals surface area contributed by atoms with Crippen LogP contribution >= 0.6 is 11.6 Å². The number of nitrogens with one attached hydrogen (secondary N) is 1. The van der Waals surface area contributed by atoms with Crippen molar-refractivity contribution in [2.75, 3.05) is 11.9 Å². The fourth-order valence-corrected chi connectivity index (χ4v) is 1.98. The highest BCUT2D eigenvalue weighted by molar-refractivity contribution is 6.29. The van der Waals surface area contributed by atoms with Crippen molar-refractivity contribution in [1.82, 2.24) is 9.97 Å². The standard InChI is InChI=1S/C14H24ClN3O/c1-9(2)13-17-11(15)6-12(18-13)16-8-10(19)7-14(3,4)5/h6,9-10,19H,7-8H2,1-5H3,(H,16,17,18). The van der Waals surface area contributed by atoms with E-state index in [1.807, 2.05) is 13.8 Å². The van der Waals surface area contributed by atoms with Gasteiger partial charge in [-0.2, -0.15) is 0 Å². The van der Waals surface area contributed by atoms with E-state index in [2.05, 4.69) is 36.1 Å². The molecule has 1 heterocycles. The number of anilines is 1. The third kappa shape index (κ3) is 6.21. The number of hydrogen-bond donors (Lipinski definition) is 2. The van der Waals surface area contributed by atoms with Gasteiger partial charge in [0.15, 0.2) is 0 Å². The largest absolute Gasteiger partial charge is 0.391 e. The summed E-state index contributed by atoms with van der Waals surface area (Å²) in [7, 11) is 0. The van der Waals surface area contributed by atoms with Gasteiger partial charge in [0.1, 0.15) is 16.8 Å². The van der Waals surface area contributed by atoms with Crippen LogP contribution in [0.2, 0.25) is 5.15 Å². The third-order valence-electron chi connectivity index (χ3n) is 2.60. The number of nitrogens with zero attached hydrogens (tertiary/aromatic N) is 2. The highest BCUT2D eigenvalue weighted by Crippen LogP contribution is 2.21. The third-order valence-corrected chi connectivity index (χ3v) is 2.79. The van der Waals surface area contributed by atoms with E-state index in [4.69, 9.17) is 11.6 Å². The molecular weight excluding hydrogens is 262 g/mol. The fourth-order valence-electron chi connectivity index (χ4n) is 1.79. The van der Waals surface area contributed by atoms with Gasteiger partial charge < -0.3 is 10.4 Å². The zero-order valence-electron chi connectivity index (χ0n) is 12.4. The molecule has 1 atom stereocenters. The Hall–Kier alpha value is -0.870. The second-order valence-electron chi connectivity index (χ2n) is 6.39. The van der Waals surface area contributed by atoms with Gasteiger partial charge in [-0.3, -0.25) is 0 Å². The van der Waals surface area contributed by atoms with Crippen molar-refractivity contribution in [2.45, 2.75) is 53.1 Å². The number of aliphatic hydroxyl groups is 1. The van der Waals surface area contributed by atoms with Crippen molar-refractivity contribution in [1.29, 1.82) is 0 Å². The minimum absolute atomic E-state index is 0.105. The SMILES string of the molecule is CC(C)c1nc(Cl)cc(NCC(O)CC(C)(C)C)n1. The first-order valence-corrected chi connectivity index (χ1v) is 7.01. The minimum Gasteiger partial charge on any atom is -0.391 e. The molecule has 0 aromatic carbocycles. The van der Waals surface area contributed by atoms with Crippen LogP contribution in [-0.2, 0) is 0 Å². The van der Waals surface area contributed by atoms with E-state index in [1.54, 1.807) is 6.07 Å². The second kappa shape index (κ2) is 6.53. The molecule has 1 unspecified atom stereocenters. The summed E-state index contributed by atoms with van der Waals surface area (Å²) >= 11 is 5.96. The van der Waals surface area contributed by atoms with Gasteiger partial charge in [-0.25, -0.2) is 9.97 Å². The zero-order valence-corrected chi connectivity index (χ0v) is 13.1. The number of rotatable bonds is 5. The van der Waals surface area contributed by atoms with Gasteiger partial charge in [-0.05, 0) is 11.8 Å². The van der Waals surface area contributed by atoms with Crippen molar-refractivity contribution in [3.63, 3.8) is 0 Å². The first-order chi connectivity index (χ1) is 8.67. The number of aromatic nitrogens is 2. The average Bonchev–Trinajstić information content (AvgIpc) is 2.23. The van der Waals surface area contributed by atoms with E-state index in [0.29, 0.717) is 23.3 Å². The molecule has 0 saturated heterocycles. The summed E-state index contributed by atoms with van der Waals surface area (Å²) in [6.07, 6.45) is 0.326. The summed E-state index contributed by atoms with van der Waals surface area (Å²) in [6.45, 7) is 10.8. The maximum atomic E-state index is 9.96. The Morgan fingerprint density at radius 2 is 1.95 bits per heavy atom. The van der Waals surface area contributed by atoms with Crippen LogP contribution in [0.5, 0.6) is 0 Å². The smallest absolute Gasteiger partial charge is 0.135 e. The van der Waals surface area contributed by atoms with Crippen molar-refractivity contribution >= 4 is 17.4 Å². The van der Waals surface area contributed by atoms with Crippen LogP contribution in [0.15, 0.2) is 6.07 Å². The molecule has 0 aliphatic rings. The molecular formula is C14H24ClN3O. The lowest BCUT2D eigenvalue weighted by Gasteiger charge is -2.22. The van der Waals surface area contributed by atoms with Crippen LogP contribution in [0.1, 0.15) is 52.8 Å². The summed E-state index contributed by atoms with van der Waals surface area (Å²) in [5, 5.41) is 13.5. The monoisotopic (exact) mass is 285 g/mol. The van der Waals surface area contributed by atoms with Gasteiger partial charge in [-0.15, -0.1) is 0 Å². The van der Waals surface area contributed by atoms with Crippen molar-refractivity contribution in [3.8, 4) is 0 Å². The lowest BCUT2D eigenvalue weighted by atomic mass is 9.89. The molecule has 0 aliphatic heterocycles. The first-order valence-electron chi connectivity index (χ1n) is 6.64. The number of halogens is 1. The maximum Gasteiger partial charge on any atom is 0.135 e. The van der Waals surface area contributed by atoms with E-state index in [1.165, 1.54) is 0 Å². The van der Waals surface area contributed by atoms with Crippen LogP contribution in [0.25, 0.3) is 0 Å². The van der Waals surface area contributed by atoms with Gasteiger partial charge in [0.25, 0.3) is 0 Å². The molecule has 5 heteroatoms. The molecule has 1 aromatic heterocycles. The molecule has 1 aromatic rings. The van der Waals surface area contributed by atoms with Crippen LogP contribution in [0.3, 0.4) is 0 Å². The number of aliphatic hydroxyl groups excluding tert-OH is 1. The van der Waals surface area contributed by atoms with Crippen LogP contribution in [0.4, 0.5) is 5.82 Å². The predicted octanol–water partition coefficient (Wildman–Crippen LogP) is 3.46. The minimum atomic E-state index is -0.406. The fraction of sp³-hybridized carbons (Fsp3) is 0.714. The molecule has 108 valence electrons. The van der Waals surface area contributed by atoms with E-state index in [0.717, 1.165) is 6.42 Å². The molecule has 0 fully saturated rings. The van der Waals surface area contributed by atoms with E-state index >= 15 is 0 Å². The normalized spacial score (nSPS) is 13.7. The van der Waals surface area contributed by atoms with Crippen molar-refractivity contribution < 1.29 is 5.11 Å². The van der Waals surface area contributed by atoms with Gasteiger partial charge in [0.05, 0.1) is 6.10 Å². The van der Waals surface area contributed by atoms with Crippen LogP contribution in [0, 0.1) is 5.41 Å². The Balaban J connectivity index is 2.62. The van der Waals surface area contributed by atoms with Gasteiger partial charge in [0, 0.05) is 18.5 Å². The summed E-state index contributed by atoms with van der Waals surface area (Å²) < 4.78 is 0.